The number of benzene rings is 1. The Morgan fingerprint density at radius 2 is 2.25 bits per heavy atom. The van der Waals surface area contributed by atoms with Crippen molar-refractivity contribution in [2.24, 2.45) is 0 Å². The summed E-state index contributed by atoms with van der Waals surface area (Å²) in [5, 5.41) is 21.0. The zero-order valence-corrected chi connectivity index (χ0v) is 11.2. The molecule has 0 saturated heterocycles. The molecular weight excluding hydrogens is 254 g/mol. The minimum atomic E-state index is -1.01. The topological polar surface area (TPSA) is 78.9 Å². The summed E-state index contributed by atoms with van der Waals surface area (Å²) in [5.74, 6) is 0.170. The van der Waals surface area contributed by atoms with Crippen LogP contribution in [0.1, 0.15) is 41.4 Å². The van der Waals surface area contributed by atoms with E-state index in [1.54, 1.807) is 12.1 Å². The molecule has 2 heterocycles. The van der Waals surface area contributed by atoms with E-state index in [0.717, 1.165) is 0 Å². The second-order valence-electron chi connectivity index (χ2n) is 4.51. The Labute approximate surface area is 117 Å². The Bertz CT molecular complexity index is 668. The maximum Gasteiger partial charge on any atom is 0.335 e. The maximum absolute atomic E-state index is 10.4. The highest BCUT2D eigenvalue weighted by Crippen LogP contribution is 2.24. The number of nitrogens with zero attached hydrogens (tertiary/aromatic N) is 3. The van der Waals surface area contributed by atoms with Crippen LogP contribution in [0.2, 0.25) is 0 Å². The Kier molecular flexibility index (Phi) is 4.16. The number of hydrogen-bond acceptors (Lipinski definition) is 3. The number of aromatic carboxylic acids is 1. The van der Waals surface area contributed by atoms with Gasteiger partial charge < -0.3 is 5.11 Å². The SMILES string of the molecule is CCCCc1cc2nn1-2.N#Cc1cccc(C(=O)O)c1. The van der Waals surface area contributed by atoms with Crippen LogP contribution in [0.4, 0.5) is 0 Å². The lowest BCUT2D eigenvalue weighted by molar-refractivity contribution is 0.0697. The number of carboxylic acids is 1. The number of aromatic nitrogens is 2. The van der Waals surface area contributed by atoms with Gasteiger partial charge in [0.25, 0.3) is 0 Å². The predicted molar refractivity (Wildman–Crippen MR) is 73.9 cm³/mol. The maximum atomic E-state index is 10.4. The summed E-state index contributed by atoms with van der Waals surface area (Å²) in [5.41, 5.74) is 1.92. The van der Waals surface area contributed by atoms with Gasteiger partial charge in [0.15, 0.2) is 5.82 Å². The Morgan fingerprint density at radius 3 is 2.75 bits per heavy atom. The molecule has 0 bridgehead atoms. The molecule has 3 rings (SSSR count). The lowest BCUT2D eigenvalue weighted by Crippen LogP contribution is -1.95. The molecule has 1 aromatic rings. The molecule has 0 saturated carbocycles. The van der Waals surface area contributed by atoms with E-state index in [4.69, 9.17) is 10.4 Å². The molecule has 0 aliphatic carbocycles. The summed E-state index contributed by atoms with van der Waals surface area (Å²) in [6, 6.07) is 9.91. The van der Waals surface area contributed by atoms with Gasteiger partial charge in [-0.1, -0.05) is 19.4 Å². The van der Waals surface area contributed by atoms with Gasteiger partial charge >= 0.3 is 5.97 Å². The van der Waals surface area contributed by atoms with Gasteiger partial charge in [-0.2, -0.15) is 5.26 Å². The Balaban J connectivity index is 0.000000149. The van der Waals surface area contributed by atoms with Gasteiger partial charge in [-0.15, -0.1) is 5.10 Å². The van der Waals surface area contributed by atoms with Crippen molar-refractivity contribution < 1.29 is 9.90 Å². The third-order valence-corrected chi connectivity index (χ3v) is 2.97. The van der Waals surface area contributed by atoms with Crippen molar-refractivity contribution in [1.29, 1.82) is 5.26 Å². The predicted octanol–water partition coefficient (Wildman–Crippen LogP) is 2.78. The molecule has 0 radical (unpaired) electrons. The molecular formula is C15H15N3O2. The standard InChI is InChI=1S/C8H5NO2.C7H10N2/c9-5-6-2-1-3-7(4-6)8(10)11;1-2-3-4-6-5-7-8-9(6)7/h1-4H,(H,10,11);5H,2-4H2,1H3. The van der Waals surface area contributed by atoms with Crippen molar-refractivity contribution in [2.45, 2.75) is 26.2 Å². The van der Waals surface area contributed by atoms with E-state index in [-0.39, 0.29) is 5.56 Å². The van der Waals surface area contributed by atoms with E-state index in [9.17, 15) is 4.79 Å². The highest BCUT2D eigenvalue weighted by Gasteiger charge is 2.21. The van der Waals surface area contributed by atoms with Gasteiger partial charge in [-0.25, -0.2) is 9.48 Å². The summed E-state index contributed by atoms with van der Waals surface area (Å²) in [7, 11) is 0. The number of fused-ring (bicyclic) bond motifs is 1. The molecule has 1 N–H and O–H groups in total. The molecule has 0 aromatic heterocycles. The molecule has 1 aromatic carbocycles. The second kappa shape index (κ2) is 6.02. The third kappa shape index (κ3) is 3.23. The smallest absolute Gasteiger partial charge is 0.335 e. The van der Waals surface area contributed by atoms with Crippen LogP contribution in [0, 0.1) is 11.3 Å². The summed E-state index contributed by atoms with van der Waals surface area (Å²) in [6.45, 7) is 2.21. The van der Waals surface area contributed by atoms with Gasteiger partial charge in [0.2, 0.25) is 0 Å². The van der Waals surface area contributed by atoms with Gasteiger partial charge in [-0.3, -0.25) is 0 Å². The molecule has 2 aliphatic rings. The largest absolute Gasteiger partial charge is 0.478 e. The molecule has 20 heavy (non-hydrogen) atoms. The van der Waals surface area contributed by atoms with Crippen molar-refractivity contribution in [1.82, 2.24) is 9.78 Å². The molecule has 0 fully saturated rings. The monoisotopic (exact) mass is 269 g/mol. The number of carbonyl (C=O) groups is 1. The van der Waals surface area contributed by atoms with Crippen LogP contribution in [-0.2, 0) is 6.42 Å². The van der Waals surface area contributed by atoms with Crippen LogP contribution < -0.4 is 0 Å². The van der Waals surface area contributed by atoms with E-state index in [1.165, 1.54) is 42.9 Å². The Morgan fingerprint density at radius 1 is 1.45 bits per heavy atom. The molecule has 0 atom stereocenters. The van der Waals surface area contributed by atoms with Crippen LogP contribution in [0.3, 0.4) is 0 Å². The summed E-state index contributed by atoms with van der Waals surface area (Å²) >= 11 is 0. The van der Waals surface area contributed by atoms with Gasteiger partial charge in [0.1, 0.15) is 0 Å². The van der Waals surface area contributed by atoms with E-state index in [0.29, 0.717) is 5.56 Å². The zero-order valence-electron chi connectivity index (χ0n) is 11.2. The van der Waals surface area contributed by atoms with Crippen molar-refractivity contribution in [3.8, 4) is 11.9 Å². The van der Waals surface area contributed by atoms with Crippen LogP contribution >= 0.6 is 0 Å². The highest BCUT2D eigenvalue weighted by atomic mass is 16.4. The summed E-state index contributed by atoms with van der Waals surface area (Å²) in [4.78, 5) is 10.4. The average Bonchev–Trinajstić information content (AvgIpc) is 3.11. The Hall–Kier alpha value is -2.61. The first-order chi connectivity index (χ1) is 9.65. The number of rotatable bonds is 4. The molecule has 0 unspecified atom stereocenters. The average molecular weight is 269 g/mol. The van der Waals surface area contributed by atoms with Crippen LogP contribution in [0.15, 0.2) is 30.3 Å². The summed E-state index contributed by atoms with van der Waals surface area (Å²) < 4.78 is 2.02. The molecule has 0 spiro atoms. The minimum absolute atomic E-state index is 0.143. The first-order valence-corrected chi connectivity index (χ1v) is 6.48. The number of aryl methyl sites for hydroxylation is 1. The van der Waals surface area contributed by atoms with E-state index >= 15 is 0 Å². The quantitative estimate of drug-likeness (QED) is 0.789. The highest BCUT2D eigenvalue weighted by molar-refractivity contribution is 5.87. The summed E-state index contributed by atoms with van der Waals surface area (Å²) in [6.07, 6.45) is 3.79. The normalized spacial score (nSPS) is 10.2. The molecule has 2 aliphatic heterocycles. The second-order valence-corrected chi connectivity index (χ2v) is 4.51. The van der Waals surface area contributed by atoms with E-state index in [2.05, 4.69) is 18.1 Å². The van der Waals surface area contributed by atoms with Gasteiger partial charge in [0, 0.05) is 11.8 Å². The number of nitriles is 1. The van der Waals surface area contributed by atoms with Gasteiger partial charge in [0.05, 0.1) is 17.2 Å². The van der Waals surface area contributed by atoms with Gasteiger partial charge in [-0.05, 0) is 31.0 Å². The third-order valence-electron chi connectivity index (χ3n) is 2.97. The van der Waals surface area contributed by atoms with Crippen LogP contribution in [0.25, 0.3) is 5.82 Å². The first-order valence-electron chi connectivity index (χ1n) is 6.48. The number of carboxylic acid groups (broad SMARTS) is 1. The first kappa shape index (κ1) is 13.8. The molecule has 5 heteroatoms. The van der Waals surface area contributed by atoms with Crippen LogP contribution in [0.5, 0.6) is 0 Å². The lowest BCUT2D eigenvalue weighted by Gasteiger charge is -2.00. The molecule has 0 amide bonds. The zero-order chi connectivity index (χ0) is 14.5. The number of hydrogen-bond donors (Lipinski definition) is 1. The molecule has 5 nitrogen and oxygen atoms in total. The fraction of sp³-hybridized carbons (Fsp3) is 0.267. The van der Waals surface area contributed by atoms with E-state index in [1.807, 2.05) is 10.8 Å². The van der Waals surface area contributed by atoms with Crippen molar-refractivity contribution in [3.63, 3.8) is 0 Å². The van der Waals surface area contributed by atoms with Crippen molar-refractivity contribution >= 4 is 5.97 Å². The molecule has 102 valence electrons. The van der Waals surface area contributed by atoms with E-state index < -0.39 is 5.97 Å². The fourth-order valence-corrected chi connectivity index (χ4v) is 1.78. The minimum Gasteiger partial charge on any atom is -0.478 e. The van der Waals surface area contributed by atoms with Crippen molar-refractivity contribution in [2.75, 3.05) is 0 Å². The number of unbranched alkanes of at least 4 members (excludes halogenated alkanes) is 1. The van der Waals surface area contributed by atoms with Crippen LogP contribution in [-0.4, -0.2) is 20.9 Å². The lowest BCUT2D eigenvalue weighted by atomic mass is 10.1. The van der Waals surface area contributed by atoms with Crippen molar-refractivity contribution in [3.05, 3.63) is 47.2 Å². The fourth-order valence-electron chi connectivity index (χ4n) is 1.78.